The SMILES string of the molecule is Cc1nn(-c2ccccc2)c2nc(C(=O)O)cc(N3CCN(S(C)(=O)=O)CC3)c12. The van der Waals surface area contributed by atoms with Crippen molar-refractivity contribution in [1.29, 1.82) is 0 Å². The number of hydrogen-bond donors (Lipinski definition) is 1. The van der Waals surface area contributed by atoms with Gasteiger partial charge in [-0.15, -0.1) is 0 Å². The Morgan fingerprint density at radius 2 is 1.76 bits per heavy atom. The molecule has 0 unspecified atom stereocenters. The van der Waals surface area contributed by atoms with Crippen LogP contribution in [0, 0.1) is 6.92 Å². The Bertz CT molecular complexity index is 1180. The minimum atomic E-state index is -3.25. The van der Waals surface area contributed by atoms with Crippen LogP contribution in [0.15, 0.2) is 36.4 Å². The first-order chi connectivity index (χ1) is 13.8. The number of hydrogen-bond acceptors (Lipinski definition) is 6. The van der Waals surface area contributed by atoms with Crippen LogP contribution in [0.25, 0.3) is 16.7 Å². The van der Waals surface area contributed by atoms with E-state index in [4.69, 9.17) is 0 Å². The van der Waals surface area contributed by atoms with Crippen molar-refractivity contribution in [2.24, 2.45) is 0 Å². The number of carboxylic acid groups (broad SMARTS) is 1. The van der Waals surface area contributed by atoms with E-state index < -0.39 is 16.0 Å². The topological polar surface area (TPSA) is 109 Å². The fourth-order valence-corrected chi connectivity index (χ4v) is 4.46. The molecule has 1 fully saturated rings. The van der Waals surface area contributed by atoms with Gasteiger partial charge in [-0.3, -0.25) is 0 Å². The van der Waals surface area contributed by atoms with Crippen molar-refractivity contribution in [2.45, 2.75) is 6.92 Å². The summed E-state index contributed by atoms with van der Waals surface area (Å²) in [6, 6.07) is 11.0. The van der Waals surface area contributed by atoms with Crippen LogP contribution in [0.5, 0.6) is 0 Å². The van der Waals surface area contributed by atoms with Crippen LogP contribution in [0.1, 0.15) is 16.2 Å². The summed E-state index contributed by atoms with van der Waals surface area (Å²) in [5, 5.41) is 15.0. The van der Waals surface area contributed by atoms with E-state index in [2.05, 4.69) is 10.1 Å². The van der Waals surface area contributed by atoms with Gasteiger partial charge in [0.25, 0.3) is 0 Å². The summed E-state index contributed by atoms with van der Waals surface area (Å²) in [5.74, 6) is -1.12. The number of sulfonamides is 1. The van der Waals surface area contributed by atoms with Crippen LogP contribution in [-0.4, -0.2) is 71.0 Å². The lowest BCUT2D eigenvalue weighted by atomic mass is 10.1. The van der Waals surface area contributed by atoms with Gasteiger partial charge < -0.3 is 10.0 Å². The number of fused-ring (bicyclic) bond motifs is 1. The summed E-state index contributed by atoms with van der Waals surface area (Å²) in [4.78, 5) is 18.1. The molecule has 2 aromatic heterocycles. The number of pyridine rings is 1. The third kappa shape index (κ3) is 3.56. The standard InChI is InChI=1S/C19H21N5O4S/c1-13-17-16(22-8-10-23(11-9-22)29(2,27)28)12-15(19(25)26)20-18(17)24(21-13)14-6-4-3-5-7-14/h3-7,12H,8-11H2,1-2H3,(H,25,26). The number of benzene rings is 1. The molecule has 9 nitrogen and oxygen atoms in total. The zero-order chi connectivity index (χ0) is 20.8. The lowest BCUT2D eigenvalue weighted by Crippen LogP contribution is -2.48. The number of para-hydroxylation sites is 1. The maximum Gasteiger partial charge on any atom is 0.354 e. The highest BCUT2D eigenvalue weighted by Gasteiger charge is 2.27. The molecule has 1 N–H and O–H groups in total. The number of rotatable bonds is 4. The van der Waals surface area contributed by atoms with Crippen LogP contribution in [-0.2, 0) is 10.0 Å². The minimum Gasteiger partial charge on any atom is -0.477 e. The Balaban J connectivity index is 1.84. The highest BCUT2D eigenvalue weighted by atomic mass is 32.2. The molecule has 1 aromatic carbocycles. The molecule has 0 saturated carbocycles. The van der Waals surface area contributed by atoms with E-state index in [0.717, 1.165) is 16.8 Å². The zero-order valence-corrected chi connectivity index (χ0v) is 16.9. The van der Waals surface area contributed by atoms with E-state index in [0.29, 0.717) is 37.5 Å². The van der Waals surface area contributed by atoms with Gasteiger partial charge in [-0.05, 0) is 25.1 Å². The van der Waals surface area contributed by atoms with Crippen LogP contribution in [0.4, 0.5) is 5.69 Å². The first-order valence-electron chi connectivity index (χ1n) is 9.15. The first kappa shape index (κ1) is 19.3. The summed E-state index contributed by atoms with van der Waals surface area (Å²) < 4.78 is 26.7. The molecule has 4 rings (SSSR count). The van der Waals surface area contributed by atoms with Gasteiger partial charge in [0.2, 0.25) is 10.0 Å². The number of aryl methyl sites for hydroxylation is 1. The molecule has 3 heterocycles. The zero-order valence-electron chi connectivity index (χ0n) is 16.1. The number of piperazine rings is 1. The van der Waals surface area contributed by atoms with Gasteiger partial charge in [0.1, 0.15) is 0 Å². The molecular formula is C19H21N5O4S. The van der Waals surface area contributed by atoms with Gasteiger partial charge in [0.05, 0.1) is 28.7 Å². The van der Waals surface area contributed by atoms with Crippen molar-refractivity contribution < 1.29 is 18.3 Å². The molecule has 152 valence electrons. The fraction of sp³-hybridized carbons (Fsp3) is 0.316. The molecule has 0 spiro atoms. The number of carboxylic acids is 1. The molecule has 0 aliphatic carbocycles. The molecule has 1 aliphatic heterocycles. The Kier molecular flexibility index (Phi) is 4.75. The Morgan fingerprint density at radius 1 is 1.10 bits per heavy atom. The summed E-state index contributed by atoms with van der Waals surface area (Å²) in [7, 11) is -3.25. The summed E-state index contributed by atoms with van der Waals surface area (Å²) in [6.07, 6.45) is 1.20. The smallest absolute Gasteiger partial charge is 0.354 e. The quantitative estimate of drug-likeness (QED) is 0.688. The van der Waals surface area contributed by atoms with E-state index >= 15 is 0 Å². The van der Waals surface area contributed by atoms with Crippen LogP contribution >= 0.6 is 0 Å². The van der Waals surface area contributed by atoms with Gasteiger partial charge in [0.15, 0.2) is 11.3 Å². The van der Waals surface area contributed by atoms with E-state index in [1.54, 1.807) is 10.7 Å². The molecule has 10 heteroatoms. The highest BCUT2D eigenvalue weighted by molar-refractivity contribution is 7.88. The van der Waals surface area contributed by atoms with Crippen molar-refractivity contribution in [1.82, 2.24) is 19.1 Å². The van der Waals surface area contributed by atoms with Crippen molar-refractivity contribution in [2.75, 3.05) is 37.3 Å². The predicted octanol–water partition coefficient (Wildman–Crippen LogP) is 1.51. The molecule has 0 atom stereocenters. The highest BCUT2D eigenvalue weighted by Crippen LogP contribution is 2.32. The molecular weight excluding hydrogens is 394 g/mol. The second-order valence-corrected chi connectivity index (χ2v) is 8.99. The second-order valence-electron chi connectivity index (χ2n) is 7.01. The van der Waals surface area contributed by atoms with Gasteiger partial charge in [-0.1, -0.05) is 18.2 Å². The monoisotopic (exact) mass is 415 g/mol. The van der Waals surface area contributed by atoms with Crippen molar-refractivity contribution in [3.8, 4) is 5.69 Å². The van der Waals surface area contributed by atoms with Gasteiger partial charge in [-0.2, -0.15) is 9.40 Å². The normalized spacial score (nSPS) is 15.7. The maximum atomic E-state index is 11.8. The Hall–Kier alpha value is -2.98. The van der Waals surface area contributed by atoms with Crippen LogP contribution in [0.3, 0.4) is 0 Å². The molecule has 29 heavy (non-hydrogen) atoms. The maximum absolute atomic E-state index is 11.8. The van der Waals surface area contributed by atoms with E-state index in [1.165, 1.54) is 10.6 Å². The average molecular weight is 415 g/mol. The molecule has 1 saturated heterocycles. The van der Waals surface area contributed by atoms with Gasteiger partial charge in [-0.25, -0.2) is 22.9 Å². The Morgan fingerprint density at radius 3 is 2.34 bits per heavy atom. The first-order valence-corrected chi connectivity index (χ1v) is 11.0. The minimum absolute atomic E-state index is 0.0740. The molecule has 3 aromatic rings. The van der Waals surface area contributed by atoms with Crippen molar-refractivity contribution in [3.63, 3.8) is 0 Å². The fourth-order valence-electron chi connectivity index (χ4n) is 3.64. The molecule has 0 amide bonds. The van der Waals surface area contributed by atoms with Crippen LogP contribution < -0.4 is 4.90 Å². The lowest BCUT2D eigenvalue weighted by molar-refractivity contribution is 0.0691. The van der Waals surface area contributed by atoms with E-state index in [9.17, 15) is 18.3 Å². The number of carbonyl (C=O) groups is 1. The third-order valence-corrected chi connectivity index (χ3v) is 6.36. The predicted molar refractivity (Wildman–Crippen MR) is 109 cm³/mol. The summed E-state index contributed by atoms with van der Waals surface area (Å²) in [5.41, 5.74) is 2.62. The van der Waals surface area contributed by atoms with Gasteiger partial charge >= 0.3 is 5.97 Å². The summed E-state index contributed by atoms with van der Waals surface area (Å²) >= 11 is 0. The third-order valence-electron chi connectivity index (χ3n) is 5.06. The number of anilines is 1. The average Bonchev–Trinajstić information content (AvgIpc) is 3.04. The Labute approximate surface area is 168 Å². The molecule has 1 aliphatic rings. The summed E-state index contributed by atoms with van der Waals surface area (Å²) in [6.45, 7) is 3.47. The molecule has 0 bridgehead atoms. The van der Waals surface area contributed by atoms with E-state index in [-0.39, 0.29) is 5.69 Å². The number of aromatic carboxylic acids is 1. The number of nitrogens with zero attached hydrogens (tertiary/aromatic N) is 5. The van der Waals surface area contributed by atoms with E-state index in [1.807, 2.05) is 42.2 Å². The van der Waals surface area contributed by atoms with Crippen molar-refractivity contribution in [3.05, 3.63) is 47.8 Å². The van der Waals surface area contributed by atoms with Crippen LogP contribution in [0.2, 0.25) is 0 Å². The second kappa shape index (κ2) is 7.12. The van der Waals surface area contributed by atoms with Gasteiger partial charge in [0, 0.05) is 26.2 Å². The lowest BCUT2D eigenvalue weighted by Gasteiger charge is -2.35. The molecule has 0 radical (unpaired) electrons. The largest absolute Gasteiger partial charge is 0.477 e. The number of aromatic nitrogens is 3. The van der Waals surface area contributed by atoms with Crippen molar-refractivity contribution >= 4 is 32.7 Å².